The molecule has 0 saturated heterocycles. The van der Waals surface area contributed by atoms with Gasteiger partial charge in [0.2, 0.25) is 5.91 Å². The Kier molecular flexibility index (Phi) is 6.99. The summed E-state index contributed by atoms with van der Waals surface area (Å²) < 4.78 is 37.7. The summed E-state index contributed by atoms with van der Waals surface area (Å²) in [6.07, 6.45) is 0. The zero-order chi connectivity index (χ0) is 23.4. The molecule has 7 nitrogen and oxygen atoms in total. The summed E-state index contributed by atoms with van der Waals surface area (Å²) >= 11 is 2.28. The summed E-state index contributed by atoms with van der Waals surface area (Å²) in [5.41, 5.74) is 1.93. The molecule has 11 heteroatoms. The van der Waals surface area contributed by atoms with E-state index in [1.165, 1.54) is 17.4 Å². The molecule has 0 aliphatic heterocycles. The van der Waals surface area contributed by atoms with E-state index in [1.54, 1.807) is 12.3 Å². The first-order valence-corrected chi connectivity index (χ1v) is 11.5. The number of aromatic nitrogens is 3. The Morgan fingerprint density at radius 3 is 2.85 bits per heavy atom. The number of halogens is 2. The van der Waals surface area contributed by atoms with Gasteiger partial charge in [0.05, 0.1) is 10.9 Å². The number of carbonyl (C=O) groups is 1. The van der Waals surface area contributed by atoms with Gasteiger partial charge in [-0.1, -0.05) is 23.9 Å². The Labute approximate surface area is 196 Å². The summed E-state index contributed by atoms with van der Waals surface area (Å²) in [6, 6.07) is 11.1. The standard InChI is InChI=1S/C22H18F2N4O3S2/c1-12-4-3-5-15(8-12)30-10-19-27-28-22(31-19)33-13(2)20(29)26-21-25-18(11-32-21)14-6-7-16(23)17(24)9-14/h3-9,11,13H,10H2,1-2H3,(H,25,26,29). The van der Waals surface area contributed by atoms with Gasteiger partial charge in [0.1, 0.15) is 5.75 Å². The molecule has 2 aromatic heterocycles. The lowest BCUT2D eigenvalue weighted by molar-refractivity contribution is -0.115. The molecule has 0 spiro atoms. The molecular formula is C22H18F2N4O3S2. The zero-order valence-corrected chi connectivity index (χ0v) is 19.2. The van der Waals surface area contributed by atoms with Crippen LogP contribution in [-0.2, 0) is 11.4 Å². The van der Waals surface area contributed by atoms with Crippen LogP contribution in [0.5, 0.6) is 5.75 Å². The number of ether oxygens (including phenoxy) is 1. The summed E-state index contributed by atoms with van der Waals surface area (Å²) in [5.74, 6) is -1.22. The van der Waals surface area contributed by atoms with Crippen LogP contribution in [0.2, 0.25) is 0 Å². The van der Waals surface area contributed by atoms with Crippen molar-refractivity contribution >= 4 is 34.1 Å². The van der Waals surface area contributed by atoms with Gasteiger partial charge in [-0.15, -0.1) is 21.5 Å². The first-order valence-electron chi connectivity index (χ1n) is 9.77. The van der Waals surface area contributed by atoms with E-state index in [4.69, 9.17) is 9.15 Å². The number of benzene rings is 2. The Bertz CT molecular complexity index is 1280. The lowest BCUT2D eigenvalue weighted by Gasteiger charge is -2.07. The molecule has 4 rings (SSSR count). The molecule has 1 atom stereocenters. The molecule has 1 amide bonds. The minimum absolute atomic E-state index is 0.115. The summed E-state index contributed by atoms with van der Waals surface area (Å²) in [5, 5.41) is 12.3. The number of thioether (sulfide) groups is 1. The number of hydrogen-bond acceptors (Lipinski definition) is 8. The maximum Gasteiger partial charge on any atom is 0.277 e. The Morgan fingerprint density at radius 1 is 1.21 bits per heavy atom. The molecule has 0 saturated carbocycles. The van der Waals surface area contributed by atoms with E-state index >= 15 is 0 Å². The average molecular weight is 489 g/mol. The molecule has 0 bridgehead atoms. The van der Waals surface area contributed by atoms with Crippen molar-refractivity contribution in [1.29, 1.82) is 0 Å². The smallest absolute Gasteiger partial charge is 0.277 e. The first kappa shape index (κ1) is 22.9. The van der Waals surface area contributed by atoms with E-state index < -0.39 is 16.9 Å². The third-order valence-corrected chi connectivity index (χ3v) is 6.09. The second-order valence-electron chi connectivity index (χ2n) is 6.98. The summed E-state index contributed by atoms with van der Waals surface area (Å²) in [6.45, 7) is 3.77. The van der Waals surface area contributed by atoms with Crippen LogP contribution in [0.4, 0.5) is 13.9 Å². The SMILES string of the molecule is Cc1cccc(OCc2nnc(SC(C)C(=O)Nc3nc(-c4ccc(F)c(F)c4)cs3)o2)c1. The Hall–Kier alpha value is -3.31. The van der Waals surface area contributed by atoms with Crippen molar-refractivity contribution in [1.82, 2.24) is 15.2 Å². The molecule has 0 radical (unpaired) electrons. The molecule has 0 aliphatic carbocycles. The van der Waals surface area contributed by atoms with Crippen molar-refractivity contribution in [3.63, 3.8) is 0 Å². The topological polar surface area (TPSA) is 90.1 Å². The minimum atomic E-state index is -0.959. The fourth-order valence-corrected chi connectivity index (χ4v) is 4.15. The number of rotatable bonds is 8. The van der Waals surface area contributed by atoms with Gasteiger partial charge in [-0.25, -0.2) is 13.8 Å². The van der Waals surface area contributed by atoms with E-state index in [-0.39, 0.29) is 17.7 Å². The maximum atomic E-state index is 13.4. The van der Waals surface area contributed by atoms with E-state index in [0.717, 1.165) is 29.5 Å². The molecular weight excluding hydrogens is 470 g/mol. The molecule has 1 unspecified atom stereocenters. The van der Waals surface area contributed by atoms with Crippen molar-refractivity contribution in [3.05, 3.63) is 70.9 Å². The van der Waals surface area contributed by atoms with Gasteiger partial charge >= 0.3 is 0 Å². The number of anilines is 1. The van der Waals surface area contributed by atoms with Gasteiger partial charge in [0, 0.05) is 10.9 Å². The number of carbonyl (C=O) groups excluding carboxylic acids is 1. The molecule has 2 heterocycles. The van der Waals surface area contributed by atoms with Crippen LogP contribution >= 0.6 is 23.1 Å². The third kappa shape index (κ3) is 5.93. The van der Waals surface area contributed by atoms with E-state index in [1.807, 2.05) is 31.2 Å². The van der Waals surface area contributed by atoms with Crippen molar-refractivity contribution in [2.45, 2.75) is 30.9 Å². The van der Waals surface area contributed by atoms with Gasteiger partial charge < -0.3 is 14.5 Å². The Morgan fingerprint density at radius 2 is 2.06 bits per heavy atom. The van der Waals surface area contributed by atoms with E-state index in [2.05, 4.69) is 20.5 Å². The predicted octanol–water partition coefficient (Wildman–Crippen LogP) is 5.48. The number of aryl methyl sites for hydroxylation is 1. The maximum absolute atomic E-state index is 13.4. The van der Waals surface area contributed by atoms with Gasteiger partial charge in [0.25, 0.3) is 11.1 Å². The van der Waals surface area contributed by atoms with Crippen LogP contribution in [0.15, 0.2) is 57.5 Å². The van der Waals surface area contributed by atoms with Crippen molar-refractivity contribution in [2.75, 3.05) is 5.32 Å². The highest BCUT2D eigenvalue weighted by Crippen LogP contribution is 2.28. The van der Waals surface area contributed by atoms with Crippen molar-refractivity contribution in [2.24, 2.45) is 0 Å². The summed E-state index contributed by atoms with van der Waals surface area (Å²) in [7, 11) is 0. The second kappa shape index (κ2) is 10.1. The third-order valence-electron chi connectivity index (χ3n) is 4.40. The molecule has 170 valence electrons. The van der Waals surface area contributed by atoms with Crippen LogP contribution < -0.4 is 10.1 Å². The minimum Gasteiger partial charge on any atom is -0.484 e. The Balaban J connectivity index is 1.31. The van der Waals surface area contributed by atoms with Gasteiger partial charge in [-0.3, -0.25) is 4.79 Å². The normalized spacial score (nSPS) is 11.9. The van der Waals surface area contributed by atoms with Crippen LogP contribution in [0.25, 0.3) is 11.3 Å². The highest BCUT2D eigenvalue weighted by molar-refractivity contribution is 8.00. The van der Waals surface area contributed by atoms with Crippen LogP contribution in [0, 0.1) is 18.6 Å². The fraction of sp³-hybridized carbons (Fsp3) is 0.182. The highest BCUT2D eigenvalue weighted by Gasteiger charge is 2.20. The zero-order valence-electron chi connectivity index (χ0n) is 17.5. The molecule has 1 N–H and O–H groups in total. The van der Waals surface area contributed by atoms with Crippen molar-refractivity contribution in [3.8, 4) is 17.0 Å². The van der Waals surface area contributed by atoms with Crippen LogP contribution in [-0.4, -0.2) is 26.3 Å². The number of amides is 1. The average Bonchev–Trinajstić information content (AvgIpc) is 3.44. The second-order valence-corrected chi connectivity index (χ2v) is 9.13. The van der Waals surface area contributed by atoms with Gasteiger partial charge in [-0.2, -0.15) is 0 Å². The van der Waals surface area contributed by atoms with Gasteiger partial charge in [-0.05, 0) is 49.7 Å². The largest absolute Gasteiger partial charge is 0.484 e. The van der Waals surface area contributed by atoms with Gasteiger partial charge in [0.15, 0.2) is 23.4 Å². The molecule has 0 aliphatic rings. The van der Waals surface area contributed by atoms with Crippen LogP contribution in [0.1, 0.15) is 18.4 Å². The summed E-state index contributed by atoms with van der Waals surface area (Å²) in [4.78, 5) is 16.8. The fourth-order valence-electron chi connectivity index (χ4n) is 2.73. The number of nitrogens with zero attached hydrogens (tertiary/aromatic N) is 3. The predicted molar refractivity (Wildman–Crippen MR) is 121 cm³/mol. The molecule has 2 aromatic carbocycles. The van der Waals surface area contributed by atoms with E-state index in [9.17, 15) is 13.6 Å². The highest BCUT2D eigenvalue weighted by atomic mass is 32.2. The molecule has 4 aromatic rings. The quantitative estimate of drug-likeness (QED) is 0.329. The van der Waals surface area contributed by atoms with Crippen LogP contribution in [0.3, 0.4) is 0 Å². The number of thiazole rings is 1. The lowest BCUT2D eigenvalue weighted by atomic mass is 10.2. The molecule has 33 heavy (non-hydrogen) atoms. The number of hydrogen-bond donors (Lipinski definition) is 1. The first-order chi connectivity index (χ1) is 15.9. The van der Waals surface area contributed by atoms with E-state index in [0.29, 0.717) is 28.0 Å². The monoisotopic (exact) mass is 488 g/mol. The lowest BCUT2D eigenvalue weighted by Crippen LogP contribution is -2.22. The molecule has 0 fully saturated rings. The number of nitrogens with one attached hydrogen (secondary N) is 1. The van der Waals surface area contributed by atoms with Crippen molar-refractivity contribution < 1.29 is 22.7 Å².